The summed E-state index contributed by atoms with van der Waals surface area (Å²) in [6, 6.07) is 0. The van der Waals surface area contributed by atoms with Crippen LogP contribution >= 0.6 is 11.3 Å². The van der Waals surface area contributed by atoms with Crippen LogP contribution in [0.4, 0.5) is 10.9 Å². The van der Waals surface area contributed by atoms with Crippen LogP contribution in [0.5, 0.6) is 0 Å². The minimum atomic E-state index is -0.111. The Kier molecular flexibility index (Phi) is 4.22. The number of anilines is 2. The number of hydrogen-bond donors (Lipinski definition) is 3. The summed E-state index contributed by atoms with van der Waals surface area (Å²) in [5.41, 5.74) is 6.19. The summed E-state index contributed by atoms with van der Waals surface area (Å²) in [5, 5.41) is 6.87. The maximum Gasteiger partial charge on any atom is 0.265 e. The summed E-state index contributed by atoms with van der Waals surface area (Å²) >= 11 is 1.32. The number of nitrogen functional groups attached to an aromatic ring is 1. The molecule has 1 aliphatic carbocycles. The molecular weight excluding hydrogens is 272 g/mol. The molecule has 1 saturated carbocycles. The van der Waals surface area contributed by atoms with Crippen LogP contribution < -0.4 is 16.4 Å². The van der Waals surface area contributed by atoms with E-state index in [1.165, 1.54) is 17.8 Å². The number of thiazole rings is 1. The summed E-state index contributed by atoms with van der Waals surface area (Å²) in [6.07, 6.45) is 1.17. The number of nitrogens with zero attached hydrogens (tertiary/aromatic N) is 1. The quantitative estimate of drug-likeness (QED) is 0.753. The molecule has 1 heterocycles. The highest BCUT2D eigenvalue weighted by Crippen LogP contribution is 2.51. The molecule has 6 heteroatoms. The fourth-order valence-corrected chi connectivity index (χ4v) is 2.89. The van der Waals surface area contributed by atoms with Crippen molar-refractivity contribution >= 4 is 28.2 Å². The van der Waals surface area contributed by atoms with E-state index in [2.05, 4.69) is 43.3 Å². The topological polar surface area (TPSA) is 80.0 Å². The fourth-order valence-electron chi connectivity index (χ4n) is 2.08. The second-order valence-electron chi connectivity index (χ2n) is 6.61. The number of amides is 1. The molecule has 0 saturated heterocycles. The van der Waals surface area contributed by atoms with Crippen LogP contribution in [0.1, 0.15) is 43.8 Å². The Morgan fingerprint density at radius 2 is 2.20 bits per heavy atom. The molecule has 0 spiro atoms. The van der Waals surface area contributed by atoms with Crippen molar-refractivity contribution in [3.8, 4) is 0 Å². The fraction of sp³-hybridized carbons (Fsp3) is 0.714. The third-order valence-electron chi connectivity index (χ3n) is 3.75. The van der Waals surface area contributed by atoms with Crippen LogP contribution in [-0.4, -0.2) is 24.0 Å². The van der Waals surface area contributed by atoms with Gasteiger partial charge in [-0.25, -0.2) is 4.98 Å². The van der Waals surface area contributed by atoms with Crippen LogP contribution in [0.25, 0.3) is 0 Å². The zero-order valence-corrected chi connectivity index (χ0v) is 13.4. The van der Waals surface area contributed by atoms with E-state index in [1.807, 2.05) is 0 Å². The summed E-state index contributed by atoms with van der Waals surface area (Å²) in [7, 11) is 0. The highest BCUT2D eigenvalue weighted by Gasteiger charge is 2.45. The Morgan fingerprint density at radius 3 is 2.75 bits per heavy atom. The Morgan fingerprint density at radius 1 is 1.55 bits per heavy atom. The van der Waals surface area contributed by atoms with Crippen molar-refractivity contribution in [2.24, 2.45) is 17.3 Å². The van der Waals surface area contributed by atoms with E-state index in [9.17, 15) is 4.79 Å². The summed E-state index contributed by atoms with van der Waals surface area (Å²) in [4.78, 5) is 16.8. The summed E-state index contributed by atoms with van der Waals surface area (Å²) < 4.78 is 0. The molecule has 1 unspecified atom stereocenters. The Labute approximate surface area is 124 Å². The van der Waals surface area contributed by atoms with E-state index >= 15 is 0 Å². The maximum absolute atomic E-state index is 12.1. The van der Waals surface area contributed by atoms with Crippen LogP contribution in [0.3, 0.4) is 0 Å². The molecule has 112 valence electrons. The molecule has 1 aromatic rings. The van der Waals surface area contributed by atoms with Gasteiger partial charge in [-0.2, -0.15) is 0 Å². The molecule has 2 rings (SSSR count). The minimum Gasteiger partial charge on any atom is -0.382 e. The van der Waals surface area contributed by atoms with E-state index in [1.54, 1.807) is 0 Å². The van der Waals surface area contributed by atoms with Gasteiger partial charge in [-0.15, -0.1) is 0 Å². The maximum atomic E-state index is 12.1. The predicted octanol–water partition coefficient (Wildman–Crippen LogP) is 2.57. The lowest BCUT2D eigenvalue weighted by Crippen LogP contribution is -2.26. The van der Waals surface area contributed by atoms with Gasteiger partial charge < -0.3 is 16.4 Å². The van der Waals surface area contributed by atoms with Crippen molar-refractivity contribution in [3.63, 3.8) is 0 Å². The largest absolute Gasteiger partial charge is 0.382 e. The summed E-state index contributed by atoms with van der Waals surface area (Å²) in [5.74, 6) is 1.31. The lowest BCUT2D eigenvalue weighted by atomic mass is 10.1. The Hall–Kier alpha value is -1.30. The lowest BCUT2D eigenvalue weighted by molar-refractivity contribution is 0.0955. The first-order valence-electron chi connectivity index (χ1n) is 7.08. The molecule has 0 aliphatic heterocycles. The third kappa shape index (κ3) is 3.62. The van der Waals surface area contributed by atoms with Gasteiger partial charge in [0.05, 0.1) is 0 Å². The van der Waals surface area contributed by atoms with Gasteiger partial charge in [-0.05, 0) is 23.7 Å². The molecule has 4 N–H and O–H groups in total. The van der Waals surface area contributed by atoms with Gasteiger partial charge in [0.25, 0.3) is 5.91 Å². The van der Waals surface area contributed by atoms with Crippen LogP contribution in [0.2, 0.25) is 0 Å². The number of carbonyl (C=O) groups excluding carboxylic acids is 1. The van der Waals surface area contributed by atoms with E-state index < -0.39 is 0 Å². The first-order valence-corrected chi connectivity index (χ1v) is 7.89. The molecule has 1 aliphatic rings. The number of rotatable bonds is 6. The average Bonchev–Trinajstić information content (AvgIpc) is 2.79. The molecule has 0 aromatic carbocycles. The van der Waals surface area contributed by atoms with Crippen LogP contribution in [0, 0.1) is 17.3 Å². The zero-order chi connectivity index (χ0) is 14.9. The predicted molar refractivity (Wildman–Crippen MR) is 84.1 cm³/mol. The number of carbonyl (C=O) groups is 1. The molecular formula is C14H24N4OS. The van der Waals surface area contributed by atoms with Crippen molar-refractivity contribution in [2.45, 2.75) is 34.1 Å². The number of nitrogens with two attached hydrogens (primary N) is 1. The molecule has 5 nitrogen and oxygen atoms in total. The van der Waals surface area contributed by atoms with Crippen molar-refractivity contribution in [1.29, 1.82) is 0 Å². The van der Waals surface area contributed by atoms with Gasteiger partial charge in [0, 0.05) is 13.1 Å². The highest BCUT2D eigenvalue weighted by atomic mass is 32.1. The number of aromatic nitrogens is 1. The van der Waals surface area contributed by atoms with E-state index in [-0.39, 0.29) is 5.91 Å². The zero-order valence-electron chi connectivity index (χ0n) is 12.6. The van der Waals surface area contributed by atoms with Gasteiger partial charge in [0.2, 0.25) is 0 Å². The number of nitrogens with one attached hydrogen (secondary N) is 2. The summed E-state index contributed by atoms with van der Waals surface area (Å²) in [6.45, 7) is 10.2. The highest BCUT2D eigenvalue weighted by molar-refractivity contribution is 7.18. The molecule has 0 bridgehead atoms. The Balaban J connectivity index is 1.89. The second kappa shape index (κ2) is 5.60. The first kappa shape index (κ1) is 15.1. The molecule has 20 heavy (non-hydrogen) atoms. The SMILES string of the molecule is CC(C)CNc1nc(N)c(C(=O)NCC2CC2(C)C)s1. The van der Waals surface area contributed by atoms with Crippen LogP contribution in [0.15, 0.2) is 0 Å². The van der Waals surface area contributed by atoms with E-state index in [0.717, 1.165) is 13.1 Å². The molecule has 1 atom stereocenters. The van der Waals surface area contributed by atoms with Crippen molar-refractivity contribution in [1.82, 2.24) is 10.3 Å². The first-order chi connectivity index (χ1) is 9.29. The monoisotopic (exact) mass is 296 g/mol. The molecule has 1 aromatic heterocycles. The number of hydrogen-bond acceptors (Lipinski definition) is 5. The average molecular weight is 296 g/mol. The third-order valence-corrected chi connectivity index (χ3v) is 4.78. The van der Waals surface area contributed by atoms with Crippen molar-refractivity contribution in [2.75, 3.05) is 24.1 Å². The normalized spacial score (nSPS) is 19.9. The van der Waals surface area contributed by atoms with Crippen LogP contribution in [-0.2, 0) is 0 Å². The lowest BCUT2D eigenvalue weighted by Gasteiger charge is -2.05. The van der Waals surface area contributed by atoms with Gasteiger partial charge in [-0.3, -0.25) is 4.79 Å². The van der Waals surface area contributed by atoms with Crippen molar-refractivity contribution < 1.29 is 4.79 Å². The Bertz CT molecular complexity index is 495. The van der Waals surface area contributed by atoms with Gasteiger partial charge in [0.15, 0.2) is 5.13 Å². The van der Waals surface area contributed by atoms with Gasteiger partial charge in [-0.1, -0.05) is 39.0 Å². The molecule has 1 amide bonds. The van der Waals surface area contributed by atoms with E-state index in [0.29, 0.717) is 33.1 Å². The standard InChI is InChI=1S/C14H24N4OS/c1-8(2)6-17-13-18-11(15)10(20-13)12(19)16-7-9-5-14(9,3)4/h8-9H,5-7,15H2,1-4H3,(H,16,19)(H,17,18). The van der Waals surface area contributed by atoms with E-state index in [4.69, 9.17) is 5.73 Å². The molecule has 0 radical (unpaired) electrons. The van der Waals surface area contributed by atoms with Gasteiger partial charge in [0.1, 0.15) is 10.7 Å². The van der Waals surface area contributed by atoms with Gasteiger partial charge >= 0.3 is 0 Å². The minimum absolute atomic E-state index is 0.111. The smallest absolute Gasteiger partial charge is 0.265 e. The molecule has 1 fully saturated rings. The van der Waals surface area contributed by atoms with Crippen molar-refractivity contribution in [3.05, 3.63) is 4.88 Å². The second-order valence-corrected chi connectivity index (χ2v) is 7.61.